The van der Waals surface area contributed by atoms with Crippen molar-refractivity contribution in [3.8, 4) is 11.4 Å². The number of anilines is 1. The van der Waals surface area contributed by atoms with Gasteiger partial charge in [-0.3, -0.25) is 9.36 Å². The van der Waals surface area contributed by atoms with Gasteiger partial charge in [0.1, 0.15) is 12.1 Å². The summed E-state index contributed by atoms with van der Waals surface area (Å²) < 4.78 is 8.28. The average Bonchev–Trinajstić information content (AvgIpc) is 3.33. The lowest BCUT2D eigenvalue weighted by molar-refractivity contribution is -0.113. The predicted molar refractivity (Wildman–Crippen MR) is 116 cm³/mol. The highest BCUT2D eigenvalue weighted by molar-refractivity contribution is 7.99. The molecule has 2 heterocycles. The first-order valence-corrected chi connectivity index (χ1v) is 10.7. The second kappa shape index (κ2) is 8.22. The Bertz CT molecular complexity index is 1180. The fraction of sp³-hybridized carbons (Fsp3) is 0.200. The molecule has 0 aliphatic heterocycles. The number of carbonyl (C=O) groups excluding carboxylic acids is 1. The standard InChI is InChI=1S/C20H19N5O2S2/c1-12-8-13(2)18-16(9-12)29-19(23-18)22-17(26)10-28-20-24-21-11-25(20)14-6-4-5-7-15(14)27-3/h4-9,11H,10H2,1-3H3,(H,22,23,26). The number of ether oxygens (including phenoxy) is 1. The Morgan fingerprint density at radius 2 is 2.10 bits per heavy atom. The van der Waals surface area contributed by atoms with Gasteiger partial charge in [0.25, 0.3) is 0 Å². The number of thioether (sulfide) groups is 1. The van der Waals surface area contributed by atoms with Gasteiger partial charge in [-0.05, 0) is 43.2 Å². The van der Waals surface area contributed by atoms with Crippen LogP contribution in [0.25, 0.3) is 15.9 Å². The van der Waals surface area contributed by atoms with Crippen LogP contribution < -0.4 is 10.1 Å². The van der Waals surface area contributed by atoms with Gasteiger partial charge in [-0.15, -0.1) is 10.2 Å². The lowest BCUT2D eigenvalue weighted by atomic mass is 10.1. The summed E-state index contributed by atoms with van der Waals surface area (Å²) in [5.41, 5.74) is 4.04. The minimum Gasteiger partial charge on any atom is -0.495 e. The van der Waals surface area contributed by atoms with Gasteiger partial charge in [-0.1, -0.05) is 41.3 Å². The van der Waals surface area contributed by atoms with Gasteiger partial charge in [0, 0.05) is 0 Å². The van der Waals surface area contributed by atoms with Crippen LogP contribution in [0.4, 0.5) is 5.13 Å². The van der Waals surface area contributed by atoms with E-state index in [2.05, 4.69) is 39.6 Å². The number of aromatic nitrogens is 4. The lowest BCUT2D eigenvalue weighted by Crippen LogP contribution is -2.14. The van der Waals surface area contributed by atoms with Crippen LogP contribution >= 0.6 is 23.1 Å². The van der Waals surface area contributed by atoms with E-state index in [4.69, 9.17) is 4.74 Å². The fourth-order valence-electron chi connectivity index (χ4n) is 3.03. The van der Waals surface area contributed by atoms with Gasteiger partial charge < -0.3 is 10.1 Å². The summed E-state index contributed by atoms with van der Waals surface area (Å²) in [5.74, 6) is 0.763. The zero-order valence-corrected chi connectivity index (χ0v) is 17.8. The topological polar surface area (TPSA) is 81.9 Å². The Kier molecular flexibility index (Phi) is 5.50. The van der Waals surface area contributed by atoms with Crippen molar-refractivity contribution in [3.05, 3.63) is 53.9 Å². The number of nitrogens with zero attached hydrogens (tertiary/aromatic N) is 4. The summed E-state index contributed by atoms with van der Waals surface area (Å²) in [6.45, 7) is 4.08. The number of thiazole rings is 1. The van der Waals surface area contributed by atoms with Crippen LogP contribution in [0.2, 0.25) is 0 Å². The van der Waals surface area contributed by atoms with E-state index in [0.29, 0.717) is 16.0 Å². The second-order valence-electron chi connectivity index (χ2n) is 6.44. The summed E-state index contributed by atoms with van der Waals surface area (Å²) in [5, 5.41) is 12.2. The van der Waals surface area contributed by atoms with Crippen LogP contribution in [-0.2, 0) is 4.79 Å². The van der Waals surface area contributed by atoms with E-state index in [9.17, 15) is 4.79 Å². The van der Waals surface area contributed by atoms with Crippen LogP contribution in [0, 0.1) is 13.8 Å². The highest BCUT2D eigenvalue weighted by Gasteiger charge is 2.14. The van der Waals surface area contributed by atoms with E-state index >= 15 is 0 Å². The number of rotatable bonds is 6. The third-order valence-electron chi connectivity index (χ3n) is 4.27. The van der Waals surface area contributed by atoms with Crippen LogP contribution in [-0.4, -0.2) is 38.5 Å². The number of carbonyl (C=O) groups is 1. The molecular weight excluding hydrogens is 406 g/mol. The molecule has 0 fully saturated rings. The first-order chi connectivity index (χ1) is 14.0. The van der Waals surface area contributed by atoms with E-state index in [1.807, 2.05) is 31.2 Å². The van der Waals surface area contributed by atoms with Gasteiger partial charge in [0.05, 0.1) is 28.8 Å². The lowest BCUT2D eigenvalue weighted by Gasteiger charge is -2.10. The quantitative estimate of drug-likeness (QED) is 0.466. The van der Waals surface area contributed by atoms with Crippen molar-refractivity contribution < 1.29 is 9.53 Å². The molecule has 1 amide bonds. The molecule has 4 aromatic rings. The van der Waals surface area contributed by atoms with E-state index in [1.165, 1.54) is 28.7 Å². The van der Waals surface area contributed by atoms with Crippen LogP contribution in [0.5, 0.6) is 5.75 Å². The number of nitrogens with one attached hydrogen (secondary N) is 1. The van der Waals surface area contributed by atoms with Gasteiger partial charge in [-0.25, -0.2) is 4.98 Å². The number of methoxy groups -OCH3 is 1. The molecule has 0 saturated carbocycles. The van der Waals surface area contributed by atoms with Gasteiger partial charge in [-0.2, -0.15) is 0 Å². The number of fused-ring (bicyclic) bond motifs is 1. The minimum absolute atomic E-state index is 0.141. The summed E-state index contributed by atoms with van der Waals surface area (Å²) in [4.78, 5) is 17.0. The Morgan fingerprint density at radius 3 is 2.93 bits per heavy atom. The van der Waals surface area contributed by atoms with Crippen molar-refractivity contribution in [2.45, 2.75) is 19.0 Å². The highest BCUT2D eigenvalue weighted by Crippen LogP contribution is 2.30. The monoisotopic (exact) mass is 425 g/mol. The number of aryl methyl sites for hydroxylation is 2. The molecule has 0 aliphatic rings. The fourth-order valence-corrected chi connectivity index (χ4v) is 4.81. The summed E-state index contributed by atoms with van der Waals surface area (Å²) in [6.07, 6.45) is 1.61. The summed E-state index contributed by atoms with van der Waals surface area (Å²) >= 11 is 2.79. The molecule has 0 radical (unpaired) electrons. The summed E-state index contributed by atoms with van der Waals surface area (Å²) in [7, 11) is 1.62. The molecule has 29 heavy (non-hydrogen) atoms. The predicted octanol–water partition coefficient (Wildman–Crippen LogP) is 4.23. The zero-order valence-electron chi connectivity index (χ0n) is 16.2. The van der Waals surface area contributed by atoms with E-state index < -0.39 is 0 Å². The van der Waals surface area contributed by atoms with E-state index in [0.717, 1.165) is 21.5 Å². The molecule has 0 unspecified atom stereocenters. The highest BCUT2D eigenvalue weighted by atomic mass is 32.2. The third kappa shape index (κ3) is 4.10. The van der Waals surface area contributed by atoms with Gasteiger partial charge >= 0.3 is 0 Å². The van der Waals surface area contributed by atoms with Crippen molar-refractivity contribution in [3.63, 3.8) is 0 Å². The molecule has 1 N–H and O–H groups in total. The van der Waals surface area contributed by atoms with Crippen LogP contribution in [0.15, 0.2) is 47.9 Å². The number of benzene rings is 2. The van der Waals surface area contributed by atoms with Crippen molar-refractivity contribution in [2.75, 3.05) is 18.2 Å². The minimum atomic E-state index is -0.141. The molecule has 0 aliphatic carbocycles. The molecule has 4 rings (SSSR count). The van der Waals surface area contributed by atoms with Crippen molar-refractivity contribution in [1.82, 2.24) is 19.7 Å². The van der Waals surface area contributed by atoms with Crippen molar-refractivity contribution >= 4 is 44.4 Å². The maximum absolute atomic E-state index is 12.5. The third-order valence-corrected chi connectivity index (χ3v) is 6.13. The van der Waals surface area contributed by atoms with E-state index in [-0.39, 0.29) is 11.7 Å². The number of para-hydroxylation sites is 2. The Hall–Kier alpha value is -2.91. The Morgan fingerprint density at radius 1 is 1.28 bits per heavy atom. The molecule has 2 aromatic heterocycles. The maximum Gasteiger partial charge on any atom is 0.236 e. The Labute approximate surface area is 176 Å². The number of amides is 1. The number of hydrogen-bond donors (Lipinski definition) is 1. The molecule has 0 bridgehead atoms. The van der Waals surface area contributed by atoms with Crippen LogP contribution in [0.3, 0.4) is 0 Å². The van der Waals surface area contributed by atoms with Crippen molar-refractivity contribution in [1.29, 1.82) is 0 Å². The van der Waals surface area contributed by atoms with Gasteiger partial charge in [0.2, 0.25) is 5.91 Å². The summed E-state index contributed by atoms with van der Waals surface area (Å²) in [6, 6.07) is 11.8. The molecule has 0 spiro atoms. The molecule has 0 saturated heterocycles. The first kappa shape index (κ1) is 19.4. The molecular formula is C20H19N5O2S2. The Balaban J connectivity index is 1.46. The average molecular weight is 426 g/mol. The largest absolute Gasteiger partial charge is 0.495 e. The molecule has 2 aromatic carbocycles. The second-order valence-corrected chi connectivity index (χ2v) is 8.41. The molecule has 148 valence electrons. The van der Waals surface area contributed by atoms with Gasteiger partial charge in [0.15, 0.2) is 10.3 Å². The maximum atomic E-state index is 12.5. The number of hydrogen-bond acceptors (Lipinski definition) is 7. The normalized spacial score (nSPS) is 11.0. The SMILES string of the molecule is COc1ccccc1-n1cnnc1SCC(=O)Nc1nc2c(C)cc(C)cc2s1. The molecule has 9 heteroatoms. The smallest absolute Gasteiger partial charge is 0.236 e. The first-order valence-electron chi connectivity index (χ1n) is 8.89. The molecule has 0 atom stereocenters. The van der Waals surface area contributed by atoms with Crippen molar-refractivity contribution in [2.24, 2.45) is 0 Å². The zero-order chi connectivity index (χ0) is 20.4. The van der Waals surface area contributed by atoms with E-state index in [1.54, 1.807) is 18.0 Å². The molecule has 7 nitrogen and oxygen atoms in total. The van der Waals surface area contributed by atoms with Crippen LogP contribution in [0.1, 0.15) is 11.1 Å².